The minimum Gasteiger partial charge on any atom is -0.398 e. The Labute approximate surface area is 122 Å². The van der Waals surface area contributed by atoms with E-state index in [9.17, 15) is 4.39 Å². The monoisotopic (exact) mass is 291 g/mol. The van der Waals surface area contributed by atoms with Gasteiger partial charge in [-0.2, -0.15) is 0 Å². The van der Waals surface area contributed by atoms with Gasteiger partial charge in [-0.1, -0.05) is 6.92 Å². The molecule has 21 heavy (non-hydrogen) atoms. The van der Waals surface area contributed by atoms with Gasteiger partial charge in [0.15, 0.2) is 5.82 Å². The largest absolute Gasteiger partial charge is 0.398 e. The average Bonchev–Trinajstić information content (AvgIpc) is 2.89. The molecule has 7 heteroatoms. The average molecular weight is 291 g/mol. The molecule has 6 nitrogen and oxygen atoms in total. The molecule has 0 saturated carbocycles. The third-order valence-corrected chi connectivity index (χ3v) is 4.02. The van der Waals surface area contributed by atoms with Gasteiger partial charge < -0.3 is 10.5 Å². The van der Waals surface area contributed by atoms with E-state index in [-0.39, 0.29) is 11.2 Å². The van der Waals surface area contributed by atoms with Gasteiger partial charge in [0.2, 0.25) is 0 Å². The summed E-state index contributed by atoms with van der Waals surface area (Å²) in [4.78, 5) is 0. The maximum Gasteiger partial charge on any atom is 0.184 e. The first-order chi connectivity index (χ1) is 10.1. The lowest BCUT2D eigenvalue weighted by Gasteiger charge is -2.33. The maximum atomic E-state index is 13.5. The van der Waals surface area contributed by atoms with Crippen LogP contribution in [0.5, 0.6) is 0 Å². The smallest absolute Gasteiger partial charge is 0.184 e. The van der Waals surface area contributed by atoms with Gasteiger partial charge in [-0.15, -0.1) is 5.10 Å². The zero-order valence-corrected chi connectivity index (χ0v) is 11.9. The molecule has 1 aliphatic rings. The first-order valence-corrected chi connectivity index (χ1v) is 6.97. The highest BCUT2D eigenvalue weighted by atomic mass is 19.1. The second kappa shape index (κ2) is 5.40. The summed E-state index contributed by atoms with van der Waals surface area (Å²) in [7, 11) is 0. The molecule has 0 aliphatic carbocycles. The molecule has 0 spiro atoms. The third-order valence-electron chi connectivity index (χ3n) is 4.02. The number of anilines is 1. The van der Waals surface area contributed by atoms with E-state index in [1.54, 1.807) is 4.68 Å². The molecule has 112 valence electrons. The van der Waals surface area contributed by atoms with Crippen LogP contribution in [0.3, 0.4) is 0 Å². The Kier molecular flexibility index (Phi) is 3.59. The lowest BCUT2D eigenvalue weighted by atomic mass is 9.82. The summed E-state index contributed by atoms with van der Waals surface area (Å²) in [6.07, 6.45) is 1.90. The first kappa shape index (κ1) is 13.9. The summed E-state index contributed by atoms with van der Waals surface area (Å²) in [6.45, 7) is 4.34. The molecule has 1 aromatic heterocycles. The van der Waals surface area contributed by atoms with Crippen molar-refractivity contribution in [1.29, 1.82) is 0 Å². The van der Waals surface area contributed by atoms with Gasteiger partial charge in [-0.05, 0) is 46.9 Å². The minimum absolute atomic E-state index is 0.0739. The van der Waals surface area contributed by atoms with Crippen LogP contribution in [0.2, 0.25) is 0 Å². The Morgan fingerprint density at radius 3 is 2.90 bits per heavy atom. The first-order valence-electron chi connectivity index (χ1n) is 6.97. The Balaban J connectivity index is 1.92. The molecule has 0 radical (unpaired) electrons. The second-order valence-corrected chi connectivity index (χ2v) is 5.81. The molecule has 0 unspecified atom stereocenters. The number of nitrogens with two attached hydrogens (primary N) is 1. The summed E-state index contributed by atoms with van der Waals surface area (Å²) in [6, 6.07) is 4.22. The topological polar surface area (TPSA) is 78.9 Å². The van der Waals surface area contributed by atoms with Gasteiger partial charge in [0.05, 0.1) is 6.54 Å². The van der Waals surface area contributed by atoms with E-state index in [0.717, 1.165) is 26.1 Å². The molecule has 1 saturated heterocycles. The van der Waals surface area contributed by atoms with Crippen LogP contribution in [0.25, 0.3) is 11.4 Å². The van der Waals surface area contributed by atoms with Crippen molar-refractivity contribution in [3.05, 3.63) is 24.0 Å². The van der Waals surface area contributed by atoms with Crippen molar-refractivity contribution in [2.75, 3.05) is 18.9 Å². The standard InChI is InChI=1S/C14H18FN5O/c1-14(4-6-21-7-5-14)9-20-13(17-18-19-20)11-8-10(15)2-3-12(11)16/h2-3,8H,4-7,9,16H2,1H3. The third kappa shape index (κ3) is 2.87. The maximum absolute atomic E-state index is 13.5. The number of rotatable bonds is 3. The fourth-order valence-corrected chi connectivity index (χ4v) is 2.61. The van der Waals surface area contributed by atoms with Crippen molar-refractivity contribution < 1.29 is 9.13 Å². The second-order valence-electron chi connectivity index (χ2n) is 5.81. The van der Waals surface area contributed by atoms with Crippen LogP contribution in [-0.2, 0) is 11.3 Å². The van der Waals surface area contributed by atoms with E-state index in [1.165, 1.54) is 18.2 Å². The zero-order chi connectivity index (χ0) is 14.9. The number of tetrazole rings is 1. The molecule has 2 aromatic rings. The summed E-state index contributed by atoms with van der Waals surface area (Å²) >= 11 is 0. The molecule has 0 bridgehead atoms. The Morgan fingerprint density at radius 1 is 1.38 bits per heavy atom. The van der Waals surface area contributed by atoms with Crippen molar-refractivity contribution in [3.63, 3.8) is 0 Å². The molecule has 0 atom stereocenters. The van der Waals surface area contributed by atoms with Crippen LogP contribution in [0.15, 0.2) is 18.2 Å². The highest BCUT2D eigenvalue weighted by Gasteiger charge is 2.29. The van der Waals surface area contributed by atoms with Crippen molar-refractivity contribution in [3.8, 4) is 11.4 Å². The van der Waals surface area contributed by atoms with Crippen LogP contribution >= 0.6 is 0 Å². The Morgan fingerprint density at radius 2 is 2.14 bits per heavy atom. The summed E-state index contributed by atoms with van der Waals surface area (Å²) in [5.41, 5.74) is 6.98. The number of aromatic nitrogens is 4. The SMILES string of the molecule is CC1(Cn2nnnc2-c2cc(F)ccc2N)CCOCC1. The van der Waals surface area contributed by atoms with Gasteiger partial charge in [0, 0.05) is 24.5 Å². The van der Waals surface area contributed by atoms with Crippen LogP contribution in [0.4, 0.5) is 10.1 Å². The highest BCUT2D eigenvalue weighted by molar-refractivity contribution is 5.71. The molecular weight excluding hydrogens is 273 g/mol. The molecule has 1 aromatic carbocycles. The highest BCUT2D eigenvalue weighted by Crippen LogP contribution is 2.33. The summed E-state index contributed by atoms with van der Waals surface area (Å²) < 4.78 is 20.6. The molecule has 2 N–H and O–H groups in total. The Hall–Kier alpha value is -2.02. The van der Waals surface area contributed by atoms with E-state index >= 15 is 0 Å². The van der Waals surface area contributed by atoms with Crippen LogP contribution in [0, 0.1) is 11.2 Å². The van der Waals surface area contributed by atoms with Gasteiger partial charge in [-0.3, -0.25) is 0 Å². The van der Waals surface area contributed by atoms with E-state index in [1.807, 2.05) is 0 Å². The van der Waals surface area contributed by atoms with Crippen LogP contribution < -0.4 is 5.73 Å². The van der Waals surface area contributed by atoms with Crippen LogP contribution in [-0.4, -0.2) is 33.4 Å². The van der Waals surface area contributed by atoms with Crippen molar-refractivity contribution >= 4 is 5.69 Å². The van der Waals surface area contributed by atoms with E-state index in [4.69, 9.17) is 10.5 Å². The van der Waals surface area contributed by atoms with E-state index in [2.05, 4.69) is 22.4 Å². The van der Waals surface area contributed by atoms with Crippen molar-refractivity contribution in [2.45, 2.75) is 26.3 Å². The summed E-state index contributed by atoms with van der Waals surface area (Å²) in [5.74, 6) is 0.144. The summed E-state index contributed by atoms with van der Waals surface area (Å²) in [5, 5.41) is 11.8. The van der Waals surface area contributed by atoms with Crippen molar-refractivity contribution in [2.24, 2.45) is 5.41 Å². The molecular formula is C14H18FN5O. The number of ether oxygens (including phenoxy) is 1. The fraction of sp³-hybridized carbons (Fsp3) is 0.500. The number of hydrogen-bond acceptors (Lipinski definition) is 5. The molecule has 3 rings (SSSR count). The molecule has 0 amide bonds. The number of halogens is 1. The minimum atomic E-state index is -0.356. The van der Waals surface area contributed by atoms with Gasteiger partial charge in [0.25, 0.3) is 0 Å². The number of hydrogen-bond donors (Lipinski definition) is 1. The zero-order valence-electron chi connectivity index (χ0n) is 11.9. The van der Waals surface area contributed by atoms with Gasteiger partial charge >= 0.3 is 0 Å². The predicted molar refractivity (Wildman–Crippen MR) is 75.8 cm³/mol. The lowest BCUT2D eigenvalue weighted by Crippen LogP contribution is -2.31. The Bertz CT molecular complexity index is 636. The quantitative estimate of drug-likeness (QED) is 0.873. The normalized spacial score (nSPS) is 17.8. The molecule has 1 aliphatic heterocycles. The van der Waals surface area contributed by atoms with Gasteiger partial charge in [-0.25, -0.2) is 9.07 Å². The number of nitrogens with zero attached hydrogens (tertiary/aromatic N) is 4. The lowest BCUT2D eigenvalue weighted by molar-refractivity contribution is 0.0138. The van der Waals surface area contributed by atoms with Crippen LogP contribution in [0.1, 0.15) is 19.8 Å². The molecule has 2 heterocycles. The molecule has 1 fully saturated rings. The van der Waals surface area contributed by atoms with Crippen molar-refractivity contribution in [1.82, 2.24) is 20.2 Å². The van der Waals surface area contributed by atoms with E-state index < -0.39 is 0 Å². The number of benzene rings is 1. The van der Waals surface area contributed by atoms with Gasteiger partial charge in [0.1, 0.15) is 5.82 Å². The number of nitrogen functional groups attached to an aromatic ring is 1. The predicted octanol–water partition coefficient (Wildman–Crippen LogP) is 1.88. The van der Waals surface area contributed by atoms with E-state index in [0.29, 0.717) is 23.6 Å². The fourth-order valence-electron chi connectivity index (χ4n) is 2.61.